The zero-order chi connectivity index (χ0) is 18.8. The first kappa shape index (κ1) is 17.4. The number of Topliss-reactive ketones (excluding diaryl/α,β-unsaturated/α-hetero) is 1. The van der Waals surface area contributed by atoms with Gasteiger partial charge < -0.3 is 4.74 Å². The maximum atomic E-state index is 12.7. The maximum Gasteiger partial charge on any atom is 0.266 e. The van der Waals surface area contributed by atoms with Crippen LogP contribution in [0.5, 0.6) is 5.75 Å². The number of carbonyl (C=O) groups is 2. The minimum atomic E-state index is -0.289. The van der Waals surface area contributed by atoms with Crippen LogP contribution in [0.25, 0.3) is 11.1 Å². The number of fused-ring (bicyclic) bond motifs is 1. The highest BCUT2D eigenvalue weighted by molar-refractivity contribution is 9.10. The van der Waals surface area contributed by atoms with Gasteiger partial charge in [-0.25, -0.2) is 4.98 Å². The minimum absolute atomic E-state index is 0.0800. The molecule has 27 heavy (non-hydrogen) atoms. The molecule has 0 spiro atoms. The molecule has 1 amide bonds. The van der Waals surface area contributed by atoms with E-state index in [0.29, 0.717) is 21.7 Å². The number of rotatable bonds is 4. The lowest BCUT2D eigenvalue weighted by Crippen LogP contribution is -2.42. The third kappa shape index (κ3) is 3.61. The molecule has 134 valence electrons. The van der Waals surface area contributed by atoms with Crippen molar-refractivity contribution >= 4 is 33.4 Å². The molecular formula is C21H15BrN2O3. The Labute approximate surface area is 164 Å². The summed E-state index contributed by atoms with van der Waals surface area (Å²) >= 11 is 3.29. The smallest absolute Gasteiger partial charge is 0.266 e. The van der Waals surface area contributed by atoms with Crippen LogP contribution in [0.1, 0.15) is 10.4 Å². The molecule has 0 aliphatic carbocycles. The van der Waals surface area contributed by atoms with E-state index in [1.54, 1.807) is 24.3 Å². The predicted molar refractivity (Wildman–Crippen MR) is 106 cm³/mol. The first-order valence-corrected chi connectivity index (χ1v) is 9.19. The number of ketones is 1. The highest BCUT2D eigenvalue weighted by atomic mass is 79.9. The van der Waals surface area contributed by atoms with Crippen molar-refractivity contribution in [1.29, 1.82) is 0 Å². The number of hydrogen-bond acceptors (Lipinski definition) is 4. The zero-order valence-corrected chi connectivity index (χ0v) is 15.8. The quantitative estimate of drug-likeness (QED) is 0.468. The number of ether oxygens (including phenoxy) is 1. The van der Waals surface area contributed by atoms with Crippen molar-refractivity contribution in [2.45, 2.75) is 0 Å². The number of hydrogen-bond donors (Lipinski definition) is 0. The molecule has 0 atom stereocenters. The normalized spacial score (nSPS) is 13.1. The molecule has 0 bridgehead atoms. The summed E-state index contributed by atoms with van der Waals surface area (Å²) in [5, 5.41) is 0. The Hall–Kier alpha value is -2.99. The number of carbonyl (C=O) groups excluding carboxylic acids is 2. The van der Waals surface area contributed by atoms with Crippen molar-refractivity contribution in [2.24, 2.45) is 0 Å². The molecule has 0 unspecified atom stereocenters. The van der Waals surface area contributed by atoms with Gasteiger partial charge in [-0.3, -0.25) is 14.5 Å². The van der Waals surface area contributed by atoms with Gasteiger partial charge in [0.05, 0.1) is 6.54 Å². The Kier molecular flexibility index (Phi) is 4.73. The van der Waals surface area contributed by atoms with Gasteiger partial charge in [-0.15, -0.1) is 0 Å². The average Bonchev–Trinajstić information content (AvgIpc) is 2.71. The molecule has 0 fully saturated rings. The van der Waals surface area contributed by atoms with Crippen molar-refractivity contribution in [2.75, 3.05) is 18.1 Å². The second-order valence-electron chi connectivity index (χ2n) is 6.09. The standard InChI is InChI=1S/C21H15BrN2O3/c22-19-11-10-18-21(23-19)24(20(26)13-27-18)12-17(25)16-8-6-15(7-9-16)14-4-2-1-3-5-14/h1-11H,12-13H2. The van der Waals surface area contributed by atoms with E-state index >= 15 is 0 Å². The van der Waals surface area contributed by atoms with Crippen LogP contribution in [0.2, 0.25) is 0 Å². The summed E-state index contributed by atoms with van der Waals surface area (Å²) in [5.41, 5.74) is 2.67. The third-order valence-electron chi connectivity index (χ3n) is 4.33. The number of nitrogens with zero attached hydrogens (tertiary/aromatic N) is 2. The lowest BCUT2D eigenvalue weighted by molar-refractivity contribution is -0.121. The molecule has 2 heterocycles. The van der Waals surface area contributed by atoms with Crippen LogP contribution >= 0.6 is 15.9 Å². The number of aromatic nitrogens is 1. The molecule has 1 aliphatic heterocycles. The molecule has 0 saturated heterocycles. The van der Waals surface area contributed by atoms with Gasteiger partial charge in [-0.2, -0.15) is 0 Å². The fourth-order valence-electron chi connectivity index (χ4n) is 2.93. The Morgan fingerprint density at radius 2 is 1.70 bits per heavy atom. The summed E-state index contributed by atoms with van der Waals surface area (Å²) in [6, 6.07) is 20.8. The van der Waals surface area contributed by atoms with Gasteiger partial charge in [0.15, 0.2) is 24.0 Å². The van der Waals surface area contributed by atoms with Gasteiger partial charge in [0.2, 0.25) is 0 Å². The SMILES string of the molecule is O=C(CN1C(=O)COc2ccc(Br)nc21)c1ccc(-c2ccccc2)cc1. The molecule has 6 heteroatoms. The minimum Gasteiger partial charge on any atom is -0.480 e. The Bertz CT molecular complexity index is 1000. The van der Waals surface area contributed by atoms with Gasteiger partial charge in [0.25, 0.3) is 5.91 Å². The van der Waals surface area contributed by atoms with Gasteiger partial charge >= 0.3 is 0 Å². The van der Waals surface area contributed by atoms with Gasteiger partial charge in [-0.05, 0) is 39.2 Å². The summed E-state index contributed by atoms with van der Waals surface area (Å²) in [4.78, 5) is 30.7. The monoisotopic (exact) mass is 422 g/mol. The average molecular weight is 423 g/mol. The van der Waals surface area contributed by atoms with Crippen LogP contribution in [-0.4, -0.2) is 29.8 Å². The number of amides is 1. The third-order valence-corrected chi connectivity index (χ3v) is 4.77. The van der Waals surface area contributed by atoms with Crippen molar-refractivity contribution in [3.8, 4) is 16.9 Å². The fourth-order valence-corrected chi connectivity index (χ4v) is 3.23. The van der Waals surface area contributed by atoms with Gasteiger partial charge in [-0.1, -0.05) is 54.6 Å². The lowest BCUT2D eigenvalue weighted by atomic mass is 10.0. The summed E-state index contributed by atoms with van der Waals surface area (Å²) in [6.45, 7) is -0.181. The van der Waals surface area contributed by atoms with E-state index < -0.39 is 0 Å². The lowest BCUT2D eigenvalue weighted by Gasteiger charge is -2.27. The fraction of sp³-hybridized carbons (Fsp3) is 0.0952. The molecule has 1 aromatic heterocycles. The second kappa shape index (κ2) is 7.32. The number of pyridine rings is 1. The summed E-state index contributed by atoms with van der Waals surface area (Å²) in [6.07, 6.45) is 0. The molecule has 0 N–H and O–H groups in total. The highest BCUT2D eigenvalue weighted by Gasteiger charge is 2.29. The molecule has 2 aromatic carbocycles. The summed E-state index contributed by atoms with van der Waals surface area (Å²) < 4.78 is 5.96. The van der Waals surface area contributed by atoms with E-state index in [2.05, 4.69) is 20.9 Å². The predicted octanol–water partition coefficient (Wildman–Crippen LogP) is 4.12. The van der Waals surface area contributed by atoms with Crippen molar-refractivity contribution in [3.63, 3.8) is 0 Å². The molecule has 4 rings (SSSR count). The zero-order valence-electron chi connectivity index (χ0n) is 14.3. The molecule has 1 aliphatic rings. The summed E-state index contributed by atoms with van der Waals surface area (Å²) in [7, 11) is 0. The van der Waals surface area contributed by atoms with Gasteiger partial charge in [0.1, 0.15) is 4.60 Å². The first-order valence-electron chi connectivity index (χ1n) is 8.40. The molecule has 0 saturated carbocycles. The van der Waals surface area contributed by atoms with E-state index in [4.69, 9.17) is 4.74 Å². The van der Waals surface area contributed by atoms with Crippen LogP contribution in [0.4, 0.5) is 5.82 Å². The molecule has 0 radical (unpaired) electrons. The highest BCUT2D eigenvalue weighted by Crippen LogP contribution is 2.31. The van der Waals surface area contributed by atoms with Crippen molar-refractivity contribution in [3.05, 3.63) is 76.9 Å². The van der Waals surface area contributed by atoms with E-state index in [1.165, 1.54) is 4.90 Å². The van der Waals surface area contributed by atoms with Crippen LogP contribution in [-0.2, 0) is 4.79 Å². The topological polar surface area (TPSA) is 59.5 Å². The first-order chi connectivity index (χ1) is 13.1. The van der Waals surface area contributed by atoms with Crippen LogP contribution in [0.3, 0.4) is 0 Å². The van der Waals surface area contributed by atoms with E-state index in [1.807, 2.05) is 42.5 Å². The largest absolute Gasteiger partial charge is 0.480 e. The molecule has 5 nitrogen and oxygen atoms in total. The van der Waals surface area contributed by atoms with Gasteiger partial charge in [0, 0.05) is 5.56 Å². The van der Waals surface area contributed by atoms with Crippen LogP contribution < -0.4 is 9.64 Å². The number of benzene rings is 2. The Balaban J connectivity index is 1.56. The number of anilines is 1. The van der Waals surface area contributed by atoms with Crippen LogP contribution in [0, 0.1) is 0 Å². The van der Waals surface area contributed by atoms with Crippen molar-refractivity contribution in [1.82, 2.24) is 4.98 Å². The number of halogens is 1. The second-order valence-corrected chi connectivity index (χ2v) is 6.90. The van der Waals surface area contributed by atoms with E-state index in [0.717, 1.165) is 11.1 Å². The van der Waals surface area contributed by atoms with Crippen LogP contribution in [0.15, 0.2) is 71.3 Å². The van der Waals surface area contributed by atoms with E-state index in [-0.39, 0.29) is 24.8 Å². The van der Waals surface area contributed by atoms with Crippen molar-refractivity contribution < 1.29 is 14.3 Å². The van der Waals surface area contributed by atoms with E-state index in [9.17, 15) is 9.59 Å². The molecule has 3 aromatic rings. The summed E-state index contributed by atoms with van der Waals surface area (Å²) in [5.74, 6) is 0.403. The Morgan fingerprint density at radius 1 is 1.00 bits per heavy atom. The maximum absolute atomic E-state index is 12.7. The Morgan fingerprint density at radius 3 is 2.44 bits per heavy atom. The molecular weight excluding hydrogens is 408 g/mol.